The second-order valence-electron chi connectivity index (χ2n) is 9.09. The molecule has 1 atom stereocenters. The number of halogens is 1. The number of rotatable bonds is 5. The van der Waals surface area contributed by atoms with Crippen molar-refractivity contribution in [3.05, 3.63) is 58.9 Å². The number of anilines is 1. The van der Waals surface area contributed by atoms with Gasteiger partial charge in [0.2, 0.25) is 5.91 Å². The van der Waals surface area contributed by atoms with Crippen LogP contribution in [-0.4, -0.2) is 24.0 Å². The summed E-state index contributed by atoms with van der Waals surface area (Å²) in [6, 6.07) is 10.0. The van der Waals surface area contributed by atoms with Crippen LogP contribution >= 0.6 is 11.6 Å². The lowest BCUT2D eigenvalue weighted by atomic mass is 9.87. The third-order valence-corrected chi connectivity index (χ3v) is 5.98. The van der Waals surface area contributed by atoms with E-state index in [4.69, 9.17) is 11.6 Å². The van der Waals surface area contributed by atoms with Crippen LogP contribution in [0.3, 0.4) is 0 Å². The van der Waals surface area contributed by atoms with Gasteiger partial charge in [-0.1, -0.05) is 63.8 Å². The van der Waals surface area contributed by atoms with E-state index in [0.29, 0.717) is 5.02 Å². The lowest BCUT2D eigenvalue weighted by molar-refractivity contribution is -0.123. The Kier molecular flexibility index (Phi) is 6.84. The predicted octanol–water partition coefficient (Wildman–Crippen LogP) is 5.66. The van der Waals surface area contributed by atoms with Crippen LogP contribution in [-0.2, 0) is 10.2 Å². The first-order valence-corrected chi connectivity index (χ1v) is 10.9. The van der Waals surface area contributed by atoms with E-state index in [1.54, 1.807) is 12.4 Å². The Bertz CT molecular complexity index is 823. The molecule has 0 bridgehead atoms. The van der Waals surface area contributed by atoms with E-state index in [-0.39, 0.29) is 17.4 Å². The van der Waals surface area contributed by atoms with Gasteiger partial charge >= 0.3 is 0 Å². The van der Waals surface area contributed by atoms with Crippen molar-refractivity contribution >= 4 is 23.2 Å². The number of nitrogens with one attached hydrogen (secondary N) is 1. The first kappa shape index (κ1) is 21.6. The van der Waals surface area contributed by atoms with E-state index >= 15 is 0 Å². The van der Waals surface area contributed by atoms with E-state index in [0.717, 1.165) is 24.1 Å². The molecule has 1 aliphatic rings. The van der Waals surface area contributed by atoms with Crippen LogP contribution in [0.15, 0.2) is 42.7 Å². The van der Waals surface area contributed by atoms with Gasteiger partial charge in [0.15, 0.2) is 0 Å². The van der Waals surface area contributed by atoms with Gasteiger partial charge in [-0.25, -0.2) is 0 Å². The number of hydrogen-bond donors (Lipinski definition) is 1. The summed E-state index contributed by atoms with van der Waals surface area (Å²) in [6.45, 7) is 6.59. The lowest BCUT2D eigenvalue weighted by Gasteiger charge is -2.32. The SMILES string of the molecule is CN(c1ccc(C(C)(C)C)cc1)C(C(=O)NC1CCCCC1)c1cncc(Cl)c1. The van der Waals surface area contributed by atoms with Gasteiger partial charge in [-0.05, 0) is 42.0 Å². The number of pyridine rings is 1. The normalized spacial score (nSPS) is 16.3. The van der Waals surface area contributed by atoms with Crippen molar-refractivity contribution in [2.45, 2.75) is 70.4 Å². The van der Waals surface area contributed by atoms with E-state index in [9.17, 15) is 4.79 Å². The molecule has 4 nitrogen and oxygen atoms in total. The predicted molar refractivity (Wildman–Crippen MR) is 121 cm³/mol. The minimum Gasteiger partial charge on any atom is -0.359 e. The fraction of sp³-hybridized carbons (Fsp3) is 0.500. The number of carbonyl (C=O) groups is 1. The molecule has 1 saturated carbocycles. The maximum absolute atomic E-state index is 13.3. The number of carbonyl (C=O) groups excluding carboxylic acids is 1. The van der Waals surface area contributed by atoms with E-state index < -0.39 is 6.04 Å². The summed E-state index contributed by atoms with van der Waals surface area (Å²) in [5, 5.41) is 3.81. The third-order valence-electron chi connectivity index (χ3n) is 5.77. The molecular weight excluding hydrogens is 382 g/mol. The number of aromatic nitrogens is 1. The summed E-state index contributed by atoms with van der Waals surface area (Å²) in [6.07, 6.45) is 9.05. The Hall–Kier alpha value is -2.07. The lowest BCUT2D eigenvalue weighted by Crippen LogP contribution is -2.44. The minimum atomic E-state index is -0.483. The van der Waals surface area contributed by atoms with Crippen LogP contribution in [0.25, 0.3) is 0 Å². The monoisotopic (exact) mass is 413 g/mol. The Balaban J connectivity index is 1.88. The molecule has 1 fully saturated rings. The van der Waals surface area contributed by atoms with Crippen molar-refractivity contribution in [1.82, 2.24) is 10.3 Å². The molecule has 5 heteroatoms. The number of amides is 1. The molecule has 1 aromatic heterocycles. The topological polar surface area (TPSA) is 45.2 Å². The second kappa shape index (κ2) is 9.17. The Labute approximate surface area is 179 Å². The van der Waals surface area contributed by atoms with Gasteiger partial charge < -0.3 is 10.2 Å². The highest BCUT2D eigenvalue weighted by Crippen LogP contribution is 2.30. The molecule has 3 rings (SSSR count). The maximum Gasteiger partial charge on any atom is 0.247 e. The molecule has 2 aromatic rings. The van der Waals surface area contributed by atoms with Crippen LogP contribution in [0.2, 0.25) is 5.02 Å². The molecule has 0 radical (unpaired) electrons. The average molecular weight is 414 g/mol. The van der Waals surface area contributed by atoms with Crippen molar-refractivity contribution in [3.8, 4) is 0 Å². The van der Waals surface area contributed by atoms with Gasteiger partial charge in [-0.15, -0.1) is 0 Å². The van der Waals surface area contributed by atoms with Gasteiger partial charge in [-0.2, -0.15) is 0 Å². The molecule has 1 amide bonds. The molecule has 1 unspecified atom stereocenters. The summed E-state index contributed by atoms with van der Waals surface area (Å²) < 4.78 is 0. The first-order chi connectivity index (χ1) is 13.8. The molecule has 0 aliphatic heterocycles. The molecule has 1 aromatic carbocycles. The Morgan fingerprint density at radius 1 is 1.14 bits per heavy atom. The van der Waals surface area contributed by atoms with Gasteiger partial charge in [-0.3, -0.25) is 9.78 Å². The fourth-order valence-corrected chi connectivity index (χ4v) is 4.18. The summed E-state index contributed by atoms with van der Waals surface area (Å²) in [5.74, 6) is 0.00312. The Morgan fingerprint density at radius 3 is 2.38 bits per heavy atom. The number of nitrogens with zero attached hydrogens (tertiary/aromatic N) is 2. The number of likely N-dealkylation sites (N-methyl/N-ethyl adjacent to an activating group) is 1. The van der Waals surface area contributed by atoms with Crippen molar-refractivity contribution in [2.24, 2.45) is 0 Å². The zero-order valence-corrected chi connectivity index (χ0v) is 18.7. The van der Waals surface area contributed by atoms with Crippen LogP contribution < -0.4 is 10.2 Å². The van der Waals surface area contributed by atoms with Gasteiger partial charge in [0, 0.05) is 36.7 Å². The highest BCUT2D eigenvalue weighted by atomic mass is 35.5. The van der Waals surface area contributed by atoms with E-state index in [1.807, 2.05) is 18.0 Å². The maximum atomic E-state index is 13.3. The summed E-state index contributed by atoms with van der Waals surface area (Å²) in [5.41, 5.74) is 3.14. The average Bonchev–Trinajstić information content (AvgIpc) is 2.68. The van der Waals surface area contributed by atoms with Crippen LogP contribution in [0, 0.1) is 0 Å². The highest BCUT2D eigenvalue weighted by molar-refractivity contribution is 6.30. The molecule has 0 spiro atoms. The number of hydrogen-bond acceptors (Lipinski definition) is 3. The van der Waals surface area contributed by atoms with Crippen molar-refractivity contribution in [1.29, 1.82) is 0 Å². The van der Waals surface area contributed by atoms with Crippen molar-refractivity contribution in [3.63, 3.8) is 0 Å². The van der Waals surface area contributed by atoms with Crippen LogP contribution in [0.1, 0.15) is 70.0 Å². The van der Waals surface area contributed by atoms with E-state index in [1.165, 1.54) is 24.8 Å². The van der Waals surface area contributed by atoms with Crippen LogP contribution in [0.5, 0.6) is 0 Å². The second-order valence-corrected chi connectivity index (χ2v) is 9.53. The molecule has 1 aliphatic carbocycles. The smallest absolute Gasteiger partial charge is 0.247 e. The van der Waals surface area contributed by atoms with Crippen molar-refractivity contribution in [2.75, 3.05) is 11.9 Å². The molecule has 156 valence electrons. The molecular formula is C24H32ClN3O. The Morgan fingerprint density at radius 2 is 1.79 bits per heavy atom. The minimum absolute atomic E-state index is 0.00312. The van der Waals surface area contributed by atoms with Gasteiger partial charge in [0.1, 0.15) is 6.04 Å². The van der Waals surface area contributed by atoms with Gasteiger partial charge in [0.25, 0.3) is 0 Å². The standard InChI is InChI=1S/C24H32ClN3O/c1-24(2,3)18-10-12-21(13-11-18)28(4)22(17-14-19(25)16-26-15-17)23(29)27-20-8-6-5-7-9-20/h10-16,20,22H,5-9H2,1-4H3,(H,27,29). The fourth-order valence-electron chi connectivity index (χ4n) is 4.00. The summed E-state index contributed by atoms with van der Waals surface area (Å²) >= 11 is 6.19. The largest absolute Gasteiger partial charge is 0.359 e. The van der Waals surface area contributed by atoms with Crippen LogP contribution in [0.4, 0.5) is 5.69 Å². The third kappa shape index (κ3) is 5.51. The molecule has 29 heavy (non-hydrogen) atoms. The number of benzene rings is 1. The molecule has 0 saturated heterocycles. The zero-order chi connectivity index (χ0) is 21.0. The van der Waals surface area contributed by atoms with Crippen molar-refractivity contribution < 1.29 is 4.79 Å². The van der Waals surface area contributed by atoms with E-state index in [2.05, 4.69) is 55.3 Å². The first-order valence-electron chi connectivity index (χ1n) is 10.5. The summed E-state index contributed by atoms with van der Waals surface area (Å²) in [7, 11) is 1.96. The highest BCUT2D eigenvalue weighted by Gasteiger charge is 2.29. The van der Waals surface area contributed by atoms with Gasteiger partial charge in [0.05, 0.1) is 5.02 Å². The molecule has 1 N–H and O–H groups in total. The zero-order valence-electron chi connectivity index (χ0n) is 17.9. The quantitative estimate of drug-likeness (QED) is 0.687. The summed E-state index contributed by atoms with van der Waals surface area (Å²) in [4.78, 5) is 19.6. The molecule has 1 heterocycles.